The lowest BCUT2D eigenvalue weighted by molar-refractivity contribution is -0.139. The van der Waals surface area contributed by atoms with Gasteiger partial charge in [0.2, 0.25) is 0 Å². The summed E-state index contributed by atoms with van der Waals surface area (Å²) >= 11 is 1.53. The van der Waals surface area contributed by atoms with Gasteiger partial charge in [0.1, 0.15) is 0 Å². The Labute approximate surface area is 158 Å². The fraction of sp³-hybridized carbons (Fsp3) is 0.250. The summed E-state index contributed by atoms with van der Waals surface area (Å²) in [6.07, 6.45) is 0. The summed E-state index contributed by atoms with van der Waals surface area (Å²) in [6.45, 7) is 6.20. The number of hydrazine groups is 1. The summed E-state index contributed by atoms with van der Waals surface area (Å²) in [6, 6.07) is 14.8. The van der Waals surface area contributed by atoms with Crippen LogP contribution in [0.3, 0.4) is 0 Å². The van der Waals surface area contributed by atoms with Gasteiger partial charge < -0.3 is 15.9 Å². The lowest BCUT2D eigenvalue weighted by Crippen LogP contribution is -2.32. The summed E-state index contributed by atoms with van der Waals surface area (Å²) in [7, 11) is 0. The predicted molar refractivity (Wildman–Crippen MR) is 107 cm³/mol. The van der Waals surface area contributed by atoms with Crippen molar-refractivity contribution in [2.75, 3.05) is 12.4 Å². The molecule has 0 amide bonds. The number of carbonyl (C=O) groups excluding carboxylic acids is 1. The van der Waals surface area contributed by atoms with Gasteiger partial charge in [-0.1, -0.05) is 41.5 Å². The third-order valence-electron chi connectivity index (χ3n) is 3.75. The first-order valence-corrected chi connectivity index (χ1v) is 9.37. The number of thioether (sulfide) groups is 1. The fourth-order valence-corrected chi connectivity index (χ4v) is 3.40. The Morgan fingerprint density at radius 1 is 1.08 bits per heavy atom. The monoisotopic (exact) mass is 371 g/mol. The Kier molecular flexibility index (Phi) is 7.12. The molecule has 0 saturated heterocycles. The standard InChI is InChI=1S/C20H25N3O2S/c1-4-25-20(24)19(23-22)18(21)12-26-17-7-5-15(6-8-17)16-10-13(2)9-14(3)11-16/h5-11,23H,4,12,21-22H2,1-3H3/b19-18-. The summed E-state index contributed by atoms with van der Waals surface area (Å²) in [5.41, 5.74) is 13.6. The number of esters is 1. The van der Waals surface area contributed by atoms with E-state index in [1.165, 1.54) is 34.0 Å². The number of benzene rings is 2. The van der Waals surface area contributed by atoms with E-state index in [2.05, 4.69) is 49.6 Å². The van der Waals surface area contributed by atoms with E-state index < -0.39 is 5.97 Å². The molecule has 5 N–H and O–H groups in total. The highest BCUT2D eigenvalue weighted by Crippen LogP contribution is 2.26. The normalized spacial score (nSPS) is 11.7. The average molecular weight is 372 g/mol. The number of nitrogens with one attached hydrogen (secondary N) is 1. The molecule has 0 aromatic heterocycles. The van der Waals surface area contributed by atoms with Gasteiger partial charge in [0.15, 0.2) is 5.70 Å². The zero-order chi connectivity index (χ0) is 19.1. The molecule has 0 bridgehead atoms. The second-order valence-corrected chi connectivity index (χ2v) is 7.00. The van der Waals surface area contributed by atoms with E-state index in [4.69, 9.17) is 16.3 Å². The molecule has 0 aliphatic rings. The Morgan fingerprint density at radius 3 is 2.23 bits per heavy atom. The van der Waals surface area contributed by atoms with Crippen molar-refractivity contribution < 1.29 is 9.53 Å². The minimum Gasteiger partial charge on any atom is -0.461 e. The Balaban J connectivity index is 2.08. The van der Waals surface area contributed by atoms with Crippen molar-refractivity contribution in [2.24, 2.45) is 11.6 Å². The zero-order valence-electron chi connectivity index (χ0n) is 15.3. The minimum absolute atomic E-state index is 0.103. The van der Waals surface area contributed by atoms with Crippen LogP contribution in [0.4, 0.5) is 0 Å². The van der Waals surface area contributed by atoms with Gasteiger partial charge >= 0.3 is 5.97 Å². The van der Waals surface area contributed by atoms with Gasteiger partial charge in [-0.25, -0.2) is 4.79 Å². The van der Waals surface area contributed by atoms with Crippen molar-refractivity contribution in [3.05, 3.63) is 65.0 Å². The SMILES string of the molecule is CCOC(=O)/C(NN)=C(/N)CSc1ccc(-c2cc(C)cc(C)c2)cc1. The Bertz CT molecular complexity index is 781. The summed E-state index contributed by atoms with van der Waals surface area (Å²) in [4.78, 5) is 12.8. The lowest BCUT2D eigenvalue weighted by Gasteiger charge is -2.10. The molecule has 26 heavy (non-hydrogen) atoms. The quantitative estimate of drug-likeness (QED) is 0.228. The van der Waals surface area contributed by atoms with Gasteiger partial charge in [-0.05, 0) is 44.0 Å². The van der Waals surface area contributed by atoms with E-state index in [1.54, 1.807) is 6.92 Å². The molecule has 0 heterocycles. The summed E-state index contributed by atoms with van der Waals surface area (Å²) in [5, 5.41) is 0. The molecular weight excluding hydrogens is 346 g/mol. The smallest absolute Gasteiger partial charge is 0.357 e. The molecule has 0 aliphatic heterocycles. The number of ether oxygens (including phenoxy) is 1. The number of nitrogens with two attached hydrogens (primary N) is 2. The van der Waals surface area contributed by atoms with Gasteiger partial charge in [-0.3, -0.25) is 5.84 Å². The molecule has 2 aromatic carbocycles. The Hall–Kier alpha value is -2.44. The van der Waals surface area contributed by atoms with E-state index in [1.807, 2.05) is 12.1 Å². The van der Waals surface area contributed by atoms with Crippen LogP contribution in [0.2, 0.25) is 0 Å². The van der Waals surface area contributed by atoms with Crippen LogP contribution in [0.25, 0.3) is 11.1 Å². The van der Waals surface area contributed by atoms with Crippen molar-refractivity contribution in [1.29, 1.82) is 0 Å². The molecular formula is C20H25N3O2S. The van der Waals surface area contributed by atoms with Crippen LogP contribution in [-0.4, -0.2) is 18.3 Å². The molecule has 6 heteroatoms. The number of rotatable bonds is 7. The molecule has 0 aliphatic carbocycles. The number of hydrogen-bond acceptors (Lipinski definition) is 6. The van der Waals surface area contributed by atoms with Gasteiger partial charge in [0, 0.05) is 10.6 Å². The van der Waals surface area contributed by atoms with Gasteiger partial charge in [-0.15, -0.1) is 11.8 Å². The first-order chi connectivity index (χ1) is 12.4. The number of carbonyl (C=O) groups is 1. The summed E-state index contributed by atoms with van der Waals surface area (Å²) < 4.78 is 4.92. The van der Waals surface area contributed by atoms with Crippen LogP contribution >= 0.6 is 11.8 Å². The third kappa shape index (κ3) is 5.28. The number of hydrogen-bond donors (Lipinski definition) is 3. The molecule has 2 aromatic rings. The molecule has 0 unspecified atom stereocenters. The van der Waals surface area contributed by atoms with Crippen LogP contribution in [-0.2, 0) is 9.53 Å². The third-order valence-corrected chi connectivity index (χ3v) is 4.81. The molecule has 0 radical (unpaired) electrons. The maximum atomic E-state index is 11.8. The van der Waals surface area contributed by atoms with Crippen LogP contribution in [0.5, 0.6) is 0 Å². The minimum atomic E-state index is -0.543. The molecule has 2 rings (SSSR count). The highest BCUT2D eigenvalue weighted by atomic mass is 32.2. The molecule has 0 saturated carbocycles. The van der Waals surface area contributed by atoms with Crippen LogP contribution in [0.1, 0.15) is 18.1 Å². The molecule has 0 spiro atoms. The fourth-order valence-electron chi connectivity index (χ4n) is 2.60. The summed E-state index contributed by atoms with van der Waals surface area (Å²) in [5.74, 6) is 5.27. The predicted octanol–water partition coefficient (Wildman–Crippen LogP) is 3.26. The van der Waals surface area contributed by atoms with E-state index in [0.717, 1.165) is 4.90 Å². The number of aryl methyl sites for hydroxylation is 2. The van der Waals surface area contributed by atoms with E-state index in [-0.39, 0.29) is 12.3 Å². The van der Waals surface area contributed by atoms with Crippen LogP contribution < -0.4 is 17.0 Å². The highest BCUT2D eigenvalue weighted by Gasteiger charge is 2.14. The largest absolute Gasteiger partial charge is 0.461 e. The van der Waals surface area contributed by atoms with Crippen LogP contribution in [0.15, 0.2) is 58.8 Å². The maximum Gasteiger partial charge on any atom is 0.357 e. The second-order valence-electron chi connectivity index (χ2n) is 5.95. The van der Waals surface area contributed by atoms with Crippen molar-refractivity contribution >= 4 is 17.7 Å². The van der Waals surface area contributed by atoms with E-state index in [9.17, 15) is 4.79 Å². The van der Waals surface area contributed by atoms with E-state index in [0.29, 0.717) is 11.4 Å². The molecule has 138 valence electrons. The van der Waals surface area contributed by atoms with E-state index >= 15 is 0 Å². The van der Waals surface area contributed by atoms with Crippen molar-refractivity contribution in [3.8, 4) is 11.1 Å². The average Bonchev–Trinajstić information content (AvgIpc) is 2.60. The second kappa shape index (κ2) is 9.31. The Morgan fingerprint density at radius 2 is 1.69 bits per heavy atom. The molecule has 0 atom stereocenters. The lowest BCUT2D eigenvalue weighted by atomic mass is 10.0. The van der Waals surface area contributed by atoms with Gasteiger partial charge in [0.05, 0.1) is 12.3 Å². The molecule has 0 fully saturated rings. The van der Waals surface area contributed by atoms with Gasteiger partial charge in [0.25, 0.3) is 0 Å². The van der Waals surface area contributed by atoms with Gasteiger partial charge in [-0.2, -0.15) is 0 Å². The zero-order valence-corrected chi connectivity index (χ0v) is 16.2. The highest BCUT2D eigenvalue weighted by molar-refractivity contribution is 7.99. The molecule has 5 nitrogen and oxygen atoms in total. The van der Waals surface area contributed by atoms with Crippen LogP contribution in [0, 0.1) is 13.8 Å². The topological polar surface area (TPSA) is 90.4 Å². The van der Waals surface area contributed by atoms with Crippen molar-refractivity contribution in [2.45, 2.75) is 25.7 Å². The first kappa shape index (κ1) is 19.9. The van der Waals surface area contributed by atoms with Crippen molar-refractivity contribution in [1.82, 2.24) is 5.43 Å². The maximum absolute atomic E-state index is 11.8. The van der Waals surface area contributed by atoms with Crippen molar-refractivity contribution in [3.63, 3.8) is 0 Å². The first-order valence-electron chi connectivity index (χ1n) is 8.38.